The fraction of sp³-hybridized carbons (Fsp3) is 0.400. The number of anilines is 1. The largest absolute Gasteiger partial charge is 0.367 e. The van der Waals surface area contributed by atoms with E-state index in [9.17, 15) is 4.79 Å². The number of nitrogens with one attached hydrogen (secondary N) is 1. The summed E-state index contributed by atoms with van der Waals surface area (Å²) in [4.78, 5) is 20.9. The van der Waals surface area contributed by atoms with Crippen LogP contribution < -0.4 is 10.2 Å². The van der Waals surface area contributed by atoms with Crippen LogP contribution in [0.5, 0.6) is 0 Å². The Bertz CT molecular complexity index is 753. The zero-order valence-electron chi connectivity index (χ0n) is 14.7. The zero-order valence-corrected chi connectivity index (χ0v) is 15.5. The lowest BCUT2D eigenvalue weighted by Gasteiger charge is -2.36. The molecule has 1 aliphatic carbocycles. The second kappa shape index (κ2) is 7.16. The average molecular weight is 371 g/mol. The van der Waals surface area contributed by atoms with E-state index in [0.29, 0.717) is 6.54 Å². The molecule has 2 amide bonds. The number of pyridine rings is 1. The Hall–Kier alpha value is -2.27. The molecular formula is C20H23ClN4O. The average Bonchev–Trinajstić information content (AvgIpc) is 3.49. The minimum Gasteiger partial charge on any atom is -0.367 e. The molecule has 26 heavy (non-hydrogen) atoms. The normalized spacial score (nSPS) is 18.5. The summed E-state index contributed by atoms with van der Waals surface area (Å²) in [6.07, 6.45) is 5.88. The standard InChI is InChI=1S/C20H23ClN4O/c21-17-5-3-16(4-6-17)20(7-8-20)15-23-19(26)25-12-10-24(11-13-25)18-2-1-9-22-14-18/h1-6,9,14H,7-8,10-13,15H2,(H,23,26). The van der Waals surface area contributed by atoms with E-state index in [-0.39, 0.29) is 11.4 Å². The summed E-state index contributed by atoms with van der Waals surface area (Å²) in [5, 5.41) is 3.90. The minimum atomic E-state index is 0.0380. The van der Waals surface area contributed by atoms with Crippen molar-refractivity contribution in [2.75, 3.05) is 37.6 Å². The van der Waals surface area contributed by atoms with Crippen LogP contribution in [0.1, 0.15) is 18.4 Å². The van der Waals surface area contributed by atoms with Gasteiger partial charge in [0.2, 0.25) is 0 Å². The Morgan fingerprint density at radius 3 is 2.46 bits per heavy atom. The smallest absolute Gasteiger partial charge is 0.317 e. The van der Waals surface area contributed by atoms with Gasteiger partial charge in [0.1, 0.15) is 0 Å². The van der Waals surface area contributed by atoms with E-state index in [2.05, 4.69) is 33.4 Å². The van der Waals surface area contributed by atoms with Crippen LogP contribution in [0.25, 0.3) is 0 Å². The van der Waals surface area contributed by atoms with Gasteiger partial charge in [-0.25, -0.2) is 4.79 Å². The minimum absolute atomic E-state index is 0.0380. The lowest BCUT2D eigenvalue weighted by molar-refractivity contribution is 0.193. The van der Waals surface area contributed by atoms with Gasteiger partial charge < -0.3 is 15.1 Å². The molecule has 1 N–H and O–H groups in total. The van der Waals surface area contributed by atoms with Crippen LogP contribution in [-0.4, -0.2) is 48.6 Å². The second-order valence-corrected chi connectivity index (χ2v) is 7.57. The lowest BCUT2D eigenvalue weighted by Crippen LogP contribution is -2.52. The summed E-state index contributed by atoms with van der Waals surface area (Å²) in [5.41, 5.74) is 2.48. The molecule has 1 saturated carbocycles. The molecule has 136 valence electrons. The molecule has 1 aliphatic heterocycles. The first kappa shape index (κ1) is 17.2. The molecule has 0 spiro atoms. The Balaban J connectivity index is 1.29. The van der Waals surface area contributed by atoms with E-state index in [1.807, 2.05) is 29.3 Å². The van der Waals surface area contributed by atoms with E-state index in [1.165, 1.54) is 5.56 Å². The molecule has 0 radical (unpaired) electrons. The monoisotopic (exact) mass is 370 g/mol. The first-order chi connectivity index (χ1) is 12.7. The summed E-state index contributed by atoms with van der Waals surface area (Å²) in [5.74, 6) is 0. The van der Waals surface area contributed by atoms with Crippen LogP contribution in [-0.2, 0) is 5.41 Å². The van der Waals surface area contributed by atoms with Crippen molar-refractivity contribution in [2.24, 2.45) is 0 Å². The number of rotatable bonds is 4. The number of hydrogen-bond donors (Lipinski definition) is 1. The van der Waals surface area contributed by atoms with Crippen molar-refractivity contribution in [3.8, 4) is 0 Å². The number of carbonyl (C=O) groups excluding carboxylic acids is 1. The Morgan fingerprint density at radius 1 is 1.12 bits per heavy atom. The second-order valence-electron chi connectivity index (χ2n) is 7.13. The molecule has 5 nitrogen and oxygen atoms in total. The van der Waals surface area contributed by atoms with Crippen LogP contribution in [0.2, 0.25) is 5.02 Å². The molecule has 6 heteroatoms. The Morgan fingerprint density at radius 2 is 1.85 bits per heavy atom. The third-order valence-electron chi connectivity index (χ3n) is 5.47. The van der Waals surface area contributed by atoms with Gasteiger partial charge in [-0.15, -0.1) is 0 Å². The topological polar surface area (TPSA) is 48.5 Å². The van der Waals surface area contributed by atoms with Crippen molar-refractivity contribution in [3.05, 3.63) is 59.4 Å². The van der Waals surface area contributed by atoms with E-state index >= 15 is 0 Å². The fourth-order valence-corrected chi connectivity index (χ4v) is 3.71. The molecule has 2 aliphatic rings. The van der Waals surface area contributed by atoms with Gasteiger partial charge in [0.05, 0.1) is 11.9 Å². The van der Waals surface area contributed by atoms with Crippen molar-refractivity contribution >= 4 is 23.3 Å². The number of urea groups is 1. The van der Waals surface area contributed by atoms with Crippen LogP contribution >= 0.6 is 11.6 Å². The molecular weight excluding hydrogens is 348 g/mol. The molecule has 2 fully saturated rings. The van der Waals surface area contributed by atoms with E-state index < -0.39 is 0 Å². The predicted molar refractivity (Wildman–Crippen MR) is 104 cm³/mol. The van der Waals surface area contributed by atoms with Gasteiger partial charge in [0, 0.05) is 49.4 Å². The number of carbonyl (C=O) groups is 1. The molecule has 2 aromatic rings. The predicted octanol–water partition coefficient (Wildman–Crippen LogP) is 3.30. The number of benzene rings is 1. The van der Waals surface area contributed by atoms with Gasteiger partial charge in [0.25, 0.3) is 0 Å². The van der Waals surface area contributed by atoms with Crippen LogP contribution in [0, 0.1) is 0 Å². The van der Waals surface area contributed by atoms with E-state index in [0.717, 1.165) is 49.7 Å². The van der Waals surface area contributed by atoms with Gasteiger partial charge in [-0.05, 0) is 42.7 Å². The van der Waals surface area contributed by atoms with Crippen molar-refractivity contribution in [3.63, 3.8) is 0 Å². The molecule has 1 aromatic carbocycles. The Labute approximate surface area is 159 Å². The first-order valence-corrected chi connectivity index (χ1v) is 9.48. The highest BCUT2D eigenvalue weighted by molar-refractivity contribution is 6.30. The summed E-state index contributed by atoms with van der Waals surface area (Å²) in [6.45, 7) is 3.82. The fourth-order valence-electron chi connectivity index (χ4n) is 3.59. The number of halogens is 1. The molecule has 1 saturated heterocycles. The summed E-state index contributed by atoms with van der Waals surface area (Å²) in [7, 11) is 0. The third kappa shape index (κ3) is 3.63. The zero-order chi connectivity index (χ0) is 18.0. The van der Waals surface area contributed by atoms with E-state index in [4.69, 9.17) is 11.6 Å². The number of piperazine rings is 1. The number of nitrogens with zero attached hydrogens (tertiary/aromatic N) is 3. The molecule has 4 rings (SSSR count). The van der Waals surface area contributed by atoms with Crippen molar-refractivity contribution in [1.29, 1.82) is 0 Å². The van der Waals surface area contributed by atoms with Gasteiger partial charge in [-0.1, -0.05) is 23.7 Å². The Kier molecular flexibility index (Phi) is 4.72. The summed E-state index contributed by atoms with van der Waals surface area (Å²) in [6, 6.07) is 12.1. The van der Waals surface area contributed by atoms with Gasteiger partial charge in [0.15, 0.2) is 0 Å². The highest BCUT2D eigenvalue weighted by atomic mass is 35.5. The van der Waals surface area contributed by atoms with E-state index in [1.54, 1.807) is 6.20 Å². The van der Waals surface area contributed by atoms with Gasteiger partial charge >= 0.3 is 6.03 Å². The SMILES string of the molecule is O=C(NCC1(c2ccc(Cl)cc2)CC1)N1CCN(c2cccnc2)CC1. The van der Waals surface area contributed by atoms with Crippen LogP contribution in [0.15, 0.2) is 48.8 Å². The highest BCUT2D eigenvalue weighted by Crippen LogP contribution is 2.47. The van der Waals surface area contributed by atoms with Gasteiger partial charge in [-0.3, -0.25) is 4.98 Å². The number of hydrogen-bond acceptors (Lipinski definition) is 3. The number of aromatic nitrogens is 1. The maximum absolute atomic E-state index is 12.6. The maximum atomic E-state index is 12.6. The van der Waals surface area contributed by atoms with Crippen molar-refractivity contribution in [1.82, 2.24) is 15.2 Å². The number of amides is 2. The van der Waals surface area contributed by atoms with Gasteiger partial charge in [-0.2, -0.15) is 0 Å². The molecule has 1 aromatic heterocycles. The molecule has 0 atom stereocenters. The molecule has 0 unspecified atom stereocenters. The summed E-state index contributed by atoms with van der Waals surface area (Å²) >= 11 is 5.98. The quantitative estimate of drug-likeness (QED) is 0.898. The molecule has 0 bridgehead atoms. The molecule has 2 heterocycles. The summed E-state index contributed by atoms with van der Waals surface area (Å²) < 4.78 is 0. The highest BCUT2D eigenvalue weighted by Gasteiger charge is 2.44. The maximum Gasteiger partial charge on any atom is 0.317 e. The lowest BCUT2D eigenvalue weighted by atomic mass is 9.96. The first-order valence-electron chi connectivity index (χ1n) is 9.10. The van der Waals surface area contributed by atoms with Crippen molar-refractivity contribution in [2.45, 2.75) is 18.3 Å². The van der Waals surface area contributed by atoms with Crippen LogP contribution in [0.4, 0.5) is 10.5 Å². The third-order valence-corrected chi connectivity index (χ3v) is 5.72. The van der Waals surface area contributed by atoms with Crippen molar-refractivity contribution < 1.29 is 4.79 Å². The van der Waals surface area contributed by atoms with Crippen LogP contribution in [0.3, 0.4) is 0 Å².